The molecule has 154 valence electrons. The third-order valence-corrected chi connectivity index (χ3v) is 5.24. The molecule has 29 heavy (non-hydrogen) atoms. The molecule has 2 aliphatic rings. The van der Waals surface area contributed by atoms with E-state index in [4.69, 9.17) is 14.5 Å². The third kappa shape index (κ3) is 4.50. The number of aliphatic imine (C=N–C) groups is 1. The lowest BCUT2D eigenvalue weighted by atomic mass is 10.1. The van der Waals surface area contributed by atoms with E-state index in [9.17, 15) is 5.11 Å². The molecule has 0 radical (unpaired) electrons. The van der Waals surface area contributed by atoms with Crippen molar-refractivity contribution in [3.63, 3.8) is 0 Å². The Bertz CT molecular complexity index is 863. The number of para-hydroxylation sites is 2. The monoisotopic (exact) mass is 396 g/mol. The molecule has 0 unspecified atom stereocenters. The Morgan fingerprint density at radius 2 is 1.86 bits per heavy atom. The molecule has 1 fully saturated rings. The van der Waals surface area contributed by atoms with Crippen molar-refractivity contribution in [3.05, 3.63) is 48.0 Å². The summed E-state index contributed by atoms with van der Waals surface area (Å²) in [6.45, 7) is 7.37. The number of phenolic OH excluding ortho intramolecular Hbond substituents is 1. The number of benzene rings is 2. The van der Waals surface area contributed by atoms with Gasteiger partial charge in [0, 0.05) is 39.3 Å². The summed E-state index contributed by atoms with van der Waals surface area (Å²) in [5.41, 5.74) is 2.09. The zero-order chi connectivity index (χ0) is 20.1. The molecule has 0 amide bonds. The molecule has 2 aliphatic heterocycles. The summed E-state index contributed by atoms with van der Waals surface area (Å²) < 4.78 is 10.8. The second kappa shape index (κ2) is 8.94. The van der Waals surface area contributed by atoms with Gasteiger partial charge < -0.3 is 29.7 Å². The van der Waals surface area contributed by atoms with Crippen LogP contribution in [-0.4, -0.2) is 62.0 Å². The molecular weight excluding hydrogens is 368 g/mol. The lowest BCUT2D eigenvalue weighted by Gasteiger charge is -2.37. The van der Waals surface area contributed by atoms with Crippen molar-refractivity contribution in [3.8, 4) is 17.2 Å². The van der Waals surface area contributed by atoms with Crippen LogP contribution in [0.4, 0.5) is 5.69 Å². The van der Waals surface area contributed by atoms with Gasteiger partial charge >= 0.3 is 0 Å². The minimum Gasteiger partial charge on any atom is -0.506 e. The van der Waals surface area contributed by atoms with Gasteiger partial charge in [0.25, 0.3) is 0 Å². The van der Waals surface area contributed by atoms with Gasteiger partial charge in [-0.2, -0.15) is 0 Å². The molecule has 2 N–H and O–H groups in total. The van der Waals surface area contributed by atoms with Gasteiger partial charge in [-0.1, -0.05) is 18.2 Å². The molecule has 2 heterocycles. The Labute approximate surface area is 171 Å². The maximum absolute atomic E-state index is 10.1. The van der Waals surface area contributed by atoms with Crippen LogP contribution in [0.3, 0.4) is 0 Å². The van der Waals surface area contributed by atoms with E-state index in [0.717, 1.165) is 62.3 Å². The molecule has 0 spiro atoms. The predicted molar refractivity (Wildman–Crippen MR) is 114 cm³/mol. The van der Waals surface area contributed by atoms with Crippen LogP contribution < -0.4 is 19.7 Å². The van der Waals surface area contributed by atoms with Crippen LogP contribution in [0.25, 0.3) is 0 Å². The maximum Gasteiger partial charge on any atom is 0.231 e. The second-order valence-corrected chi connectivity index (χ2v) is 7.14. The number of guanidine groups is 1. The van der Waals surface area contributed by atoms with Crippen molar-refractivity contribution < 1.29 is 14.6 Å². The quantitative estimate of drug-likeness (QED) is 0.598. The molecule has 7 heteroatoms. The summed E-state index contributed by atoms with van der Waals surface area (Å²) in [4.78, 5) is 9.35. The molecular formula is C22H28N4O3. The van der Waals surface area contributed by atoms with Crippen LogP contribution in [0.1, 0.15) is 12.5 Å². The highest BCUT2D eigenvalue weighted by Gasteiger charge is 2.21. The number of phenols is 1. The molecule has 1 saturated heterocycles. The van der Waals surface area contributed by atoms with E-state index in [1.54, 1.807) is 6.07 Å². The molecule has 0 aromatic heterocycles. The topological polar surface area (TPSA) is 69.6 Å². The van der Waals surface area contributed by atoms with Crippen molar-refractivity contribution in [2.24, 2.45) is 4.99 Å². The minimum atomic E-state index is 0.300. The summed E-state index contributed by atoms with van der Waals surface area (Å²) >= 11 is 0. The van der Waals surface area contributed by atoms with E-state index in [2.05, 4.69) is 28.1 Å². The van der Waals surface area contributed by atoms with E-state index < -0.39 is 0 Å². The van der Waals surface area contributed by atoms with Gasteiger partial charge in [-0.05, 0) is 43.2 Å². The number of nitrogens with zero attached hydrogens (tertiary/aromatic N) is 3. The lowest BCUT2D eigenvalue weighted by molar-refractivity contribution is 0.174. The second-order valence-electron chi connectivity index (χ2n) is 7.14. The minimum absolute atomic E-state index is 0.300. The van der Waals surface area contributed by atoms with Crippen LogP contribution in [0.5, 0.6) is 17.2 Å². The number of anilines is 1. The highest BCUT2D eigenvalue weighted by molar-refractivity contribution is 5.80. The number of hydrogen-bond acceptors (Lipinski definition) is 5. The first-order valence-electron chi connectivity index (χ1n) is 10.2. The van der Waals surface area contributed by atoms with Gasteiger partial charge in [0.15, 0.2) is 17.5 Å². The highest BCUT2D eigenvalue weighted by Crippen LogP contribution is 2.32. The van der Waals surface area contributed by atoms with Gasteiger partial charge in [0.05, 0.1) is 5.69 Å². The molecule has 7 nitrogen and oxygen atoms in total. The van der Waals surface area contributed by atoms with Crippen molar-refractivity contribution in [1.29, 1.82) is 0 Å². The molecule has 4 rings (SSSR count). The molecule has 2 aromatic carbocycles. The van der Waals surface area contributed by atoms with E-state index in [1.807, 2.05) is 30.3 Å². The fourth-order valence-electron chi connectivity index (χ4n) is 3.70. The lowest BCUT2D eigenvalue weighted by Crippen LogP contribution is -2.52. The van der Waals surface area contributed by atoms with Gasteiger partial charge in [-0.25, -0.2) is 0 Å². The van der Waals surface area contributed by atoms with Gasteiger partial charge in [0.2, 0.25) is 6.79 Å². The summed E-state index contributed by atoms with van der Waals surface area (Å²) in [6.07, 6.45) is 0.851. The predicted octanol–water partition coefficient (Wildman–Crippen LogP) is 2.45. The Hall–Kier alpha value is -3.09. The largest absolute Gasteiger partial charge is 0.506 e. The summed E-state index contributed by atoms with van der Waals surface area (Å²) in [5.74, 6) is 2.92. The normalized spacial score (nSPS) is 16.2. The van der Waals surface area contributed by atoms with E-state index in [0.29, 0.717) is 19.1 Å². The Morgan fingerprint density at radius 1 is 1.07 bits per heavy atom. The van der Waals surface area contributed by atoms with Gasteiger partial charge in [-0.3, -0.25) is 4.99 Å². The first-order valence-corrected chi connectivity index (χ1v) is 10.2. The average molecular weight is 396 g/mol. The van der Waals surface area contributed by atoms with Gasteiger partial charge in [0.1, 0.15) is 5.75 Å². The summed E-state index contributed by atoms with van der Waals surface area (Å²) in [6, 6.07) is 13.6. The standard InChI is InChI=1S/C22H28N4O3/c1-2-23-22(24-10-9-17-7-8-20-21(15-17)29-16-28-20)26-13-11-25(12-14-26)18-5-3-4-6-19(18)27/h3-8,15,27H,2,9-14,16H2,1H3,(H,23,24). The number of nitrogens with one attached hydrogen (secondary N) is 1. The molecule has 0 aliphatic carbocycles. The van der Waals surface area contributed by atoms with E-state index in [1.165, 1.54) is 5.56 Å². The molecule has 2 aromatic rings. The third-order valence-electron chi connectivity index (χ3n) is 5.24. The number of rotatable bonds is 5. The first kappa shape index (κ1) is 19.2. The van der Waals surface area contributed by atoms with Crippen LogP contribution in [0, 0.1) is 0 Å². The summed E-state index contributed by atoms with van der Waals surface area (Å²) in [5, 5.41) is 13.5. The van der Waals surface area contributed by atoms with Crippen molar-refractivity contribution >= 4 is 11.6 Å². The Kier molecular flexibility index (Phi) is 5.93. The molecule has 0 saturated carbocycles. The SMILES string of the molecule is CCNC(=NCCc1ccc2c(c1)OCO2)N1CCN(c2ccccc2O)CC1. The zero-order valence-corrected chi connectivity index (χ0v) is 16.8. The number of hydrogen-bond donors (Lipinski definition) is 2. The Balaban J connectivity index is 1.34. The molecule has 0 bridgehead atoms. The summed E-state index contributed by atoms with van der Waals surface area (Å²) in [7, 11) is 0. The average Bonchev–Trinajstić information content (AvgIpc) is 3.22. The first-order chi connectivity index (χ1) is 14.2. The number of fused-ring (bicyclic) bond motifs is 1. The van der Waals surface area contributed by atoms with E-state index >= 15 is 0 Å². The van der Waals surface area contributed by atoms with Gasteiger partial charge in [-0.15, -0.1) is 0 Å². The van der Waals surface area contributed by atoms with Crippen LogP contribution in [0.2, 0.25) is 0 Å². The van der Waals surface area contributed by atoms with Crippen LogP contribution in [0.15, 0.2) is 47.5 Å². The highest BCUT2D eigenvalue weighted by atomic mass is 16.7. The Morgan fingerprint density at radius 3 is 2.66 bits per heavy atom. The maximum atomic E-state index is 10.1. The zero-order valence-electron chi connectivity index (χ0n) is 16.8. The van der Waals surface area contributed by atoms with Crippen molar-refractivity contribution in [2.75, 3.05) is 51.0 Å². The number of ether oxygens (including phenoxy) is 2. The van der Waals surface area contributed by atoms with Crippen molar-refractivity contribution in [2.45, 2.75) is 13.3 Å². The fourth-order valence-corrected chi connectivity index (χ4v) is 3.70. The van der Waals surface area contributed by atoms with Crippen molar-refractivity contribution in [1.82, 2.24) is 10.2 Å². The molecule has 0 atom stereocenters. The van der Waals surface area contributed by atoms with Crippen LogP contribution in [-0.2, 0) is 6.42 Å². The smallest absolute Gasteiger partial charge is 0.231 e. The number of piperazine rings is 1. The van der Waals surface area contributed by atoms with E-state index in [-0.39, 0.29) is 0 Å². The fraction of sp³-hybridized carbons (Fsp3) is 0.409. The van der Waals surface area contributed by atoms with Crippen LogP contribution >= 0.6 is 0 Å². The number of aromatic hydroxyl groups is 1.